The van der Waals surface area contributed by atoms with Gasteiger partial charge < -0.3 is 16.0 Å². The fraction of sp³-hybridized carbons (Fsp3) is 0.867. The molecule has 112 valence electrons. The number of amides is 1. The molecule has 0 radical (unpaired) electrons. The van der Waals surface area contributed by atoms with Gasteiger partial charge in [-0.3, -0.25) is 4.79 Å². The van der Waals surface area contributed by atoms with Gasteiger partial charge in [0.15, 0.2) is 0 Å². The predicted molar refractivity (Wildman–Crippen MR) is 78.1 cm³/mol. The van der Waals surface area contributed by atoms with Crippen LogP contribution in [0.1, 0.15) is 51.9 Å². The van der Waals surface area contributed by atoms with Crippen molar-refractivity contribution in [3.8, 4) is 6.07 Å². The summed E-state index contributed by atoms with van der Waals surface area (Å²) in [5, 5.41) is 19.0. The van der Waals surface area contributed by atoms with Gasteiger partial charge in [0.2, 0.25) is 5.91 Å². The van der Waals surface area contributed by atoms with Crippen LogP contribution in [0, 0.1) is 11.3 Å². The Morgan fingerprint density at radius 1 is 1.25 bits per heavy atom. The molecule has 1 heterocycles. The summed E-state index contributed by atoms with van der Waals surface area (Å²) in [5.74, 6) is -0.0541. The molecule has 1 aliphatic heterocycles. The molecule has 1 saturated carbocycles. The Morgan fingerprint density at radius 2 is 1.95 bits per heavy atom. The maximum absolute atomic E-state index is 12.1. The average Bonchev–Trinajstić information content (AvgIpc) is 2.74. The number of carbonyl (C=O) groups is 1. The molecule has 2 aliphatic rings. The number of rotatable bonds is 4. The van der Waals surface area contributed by atoms with Crippen molar-refractivity contribution in [1.82, 2.24) is 16.0 Å². The van der Waals surface area contributed by atoms with Crippen LogP contribution in [-0.4, -0.2) is 36.6 Å². The first kappa shape index (κ1) is 15.3. The van der Waals surface area contributed by atoms with Gasteiger partial charge in [0.1, 0.15) is 5.54 Å². The summed E-state index contributed by atoms with van der Waals surface area (Å²) in [6.45, 7) is 4.31. The summed E-state index contributed by atoms with van der Waals surface area (Å²) in [4.78, 5) is 12.1. The highest BCUT2D eigenvalue weighted by atomic mass is 16.2. The van der Waals surface area contributed by atoms with Gasteiger partial charge in [0.25, 0.3) is 0 Å². The lowest BCUT2D eigenvalue weighted by Crippen LogP contribution is -2.53. The Labute approximate surface area is 121 Å². The second-order valence-corrected chi connectivity index (χ2v) is 6.50. The molecule has 2 fully saturated rings. The van der Waals surface area contributed by atoms with Crippen molar-refractivity contribution in [3.05, 3.63) is 0 Å². The van der Waals surface area contributed by atoms with E-state index in [9.17, 15) is 10.1 Å². The maximum Gasteiger partial charge on any atom is 0.235 e. The molecule has 1 unspecified atom stereocenters. The van der Waals surface area contributed by atoms with E-state index in [0.717, 1.165) is 45.2 Å². The largest absolute Gasteiger partial charge is 0.337 e. The van der Waals surface area contributed by atoms with E-state index in [1.54, 1.807) is 0 Å². The van der Waals surface area contributed by atoms with E-state index in [-0.39, 0.29) is 11.4 Å². The van der Waals surface area contributed by atoms with E-state index in [4.69, 9.17) is 0 Å². The number of carbonyl (C=O) groups excluding carboxylic acids is 1. The second-order valence-electron chi connectivity index (χ2n) is 6.50. The minimum atomic E-state index is -0.635. The van der Waals surface area contributed by atoms with Crippen molar-refractivity contribution in [2.45, 2.75) is 62.9 Å². The average molecular weight is 278 g/mol. The van der Waals surface area contributed by atoms with Crippen LogP contribution in [0.3, 0.4) is 0 Å². The summed E-state index contributed by atoms with van der Waals surface area (Å²) in [6.07, 6.45) is 7.00. The van der Waals surface area contributed by atoms with Crippen LogP contribution in [-0.2, 0) is 4.79 Å². The molecule has 1 amide bonds. The molecular weight excluding hydrogens is 252 g/mol. The van der Waals surface area contributed by atoms with Gasteiger partial charge in [-0.05, 0) is 32.7 Å². The molecule has 0 aromatic rings. The Balaban J connectivity index is 1.84. The summed E-state index contributed by atoms with van der Waals surface area (Å²) in [6, 6.07) is 2.35. The smallest absolute Gasteiger partial charge is 0.235 e. The van der Waals surface area contributed by atoms with Crippen LogP contribution in [0.25, 0.3) is 0 Å². The Kier molecular flexibility index (Phi) is 5.00. The zero-order valence-electron chi connectivity index (χ0n) is 12.4. The summed E-state index contributed by atoms with van der Waals surface area (Å²) in [5.41, 5.74) is -0.634. The van der Waals surface area contributed by atoms with E-state index in [2.05, 4.69) is 28.9 Å². The first-order chi connectivity index (χ1) is 9.58. The minimum absolute atomic E-state index is 0.000596. The Hall–Kier alpha value is -1.12. The molecule has 1 atom stereocenters. The number of nitrogens with zero attached hydrogens (tertiary/aromatic N) is 1. The molecule has 0 bridgehead atoms. The van der Waals surface area contributed by atoms with E-state index < -0.39 is 5.54 Å². The second kappa shape index (κ2) is 6.55. The third kappa shape index (κ3) is 3.94. The molecule has 3 N–H and O–H groups in total. The molecule has 2 rings (SSSR count). The first-order valence-electron chi connectivity index (χ1n) is 7.76. The first-order valence-corrected chi connectivity index (χ1v) is 7.76. The van der Waals surface area contributed by atoms with Crippen molar-refractivity contribution >= 4 is 5.91 Å². The van der Waals surface area contributed by atoms with Crippen LogP contribution >= 0.6 is 0 Å². The SMILES string of the molecule is CC1(NCC(=O)NC2(C#N)CCCCCC2)CCNC1. The third-order valence-corrected chi connectivity index (χ3v) is 4.59. The number of hydrogen-bond donors (Lipinski definition) is 3. The zero-order valence-corrected chi connectivity index (χ0v) is 12.4. The van der Waals surface area contributed by atoms with Crippen molar-refractivity contribution < 1.29 is 4.79 Å². The lowest BCUT2D eigenvalue weighted by Gasteiger charge is -2.28. The van der Waals surface area contributed by atoms with E-state index in [1.165, 1.54) is 12.8 Å². The van der Waals surface area contributed by atoms with Gasteiger partial charge >= 0.3 is 0 Å². The number of nitriles is 1. The van der Waals surface area contributed by atoms with Crippen molar-refractivity contribution in [3.63, 3.8) is 0 Å². The standard InChI is InChI=1S/C15H26N4O/c1-14(8-9-17-12-14)18-10-13(20)19-15(11-16)6-4-2-3-5-7-15/h17-18H,2-10,12H2,1H3,(H,19,20). The maximum atomic E-state index is 12.1. The van der Waals surface area contributed by atoms with Gasteiger partial charge in [0, 0.05) is 12.1 Å². The van der Waals surface area contributed by atoms with Crippen LogP contribution in [0.4, 0.5) is 0 Å². The predicted octanol–water partition coefficient (Wildman–Crippen LogP) is 1.06. The van der Waals surface area contributed by atoms with Crippen LogP contribution in [0.2, 0.25) is 0 Å². The van der Waals surface area contributed by atoms with Crippen LogP contribution < -0.4 is 16.0 Å². The minimum Gasteiger partial charge on any atom is -0.337 e. The molecule has 20 heavy (non-hydrogen) atoms. The summed E-state index contributed by atoms with van der Waals surface area (Å²) >= 11 is 0. The van der Waals surface area contributed by atoms with E-state index >= 15 is 0 Å². The summed E-state index contributed by atoms with van der Waals surface area (Å²) < 4.78 is 0. The topological polar surface area (TPSA) is 77.0 Å². The monoisotopic (exact) mass is 278 g/mol. The van der Waals surface area contributed by atoms with Gasteiger partial charge in [-0.2, -0.15) is 5.26 Å². The third-order valence-electron chi connectivity index (χ3n) is 4.59. The molecule has 5 heteroatoms. The van der Waals surface area contributed by atoms with Gasteiger partial charge in [-0.15, -0.1) is 0 Å². The summed E-state index contributed by atoms with van der Waals surface area (Å²) in [7, 11) is 0. The highest BCUT2D eigenvalue weighted by Crippen LogP contribution is 2.26. The lowest BCUT2D eigenvalue weighted by atomic mass is 9.92. The highest BCUT2D eigenvalue weighted by Gasteiger charge is 2.33. The quantitative estimate of drug-likeness (QED) is 0.672. The molecular formula is C15H26N4O. The normalized spacial score (nSPS) is 29.4. The molecule has 0 aromatic heterocycles. The number of nitrogens with one attached hydrogen (secondary N) is 3. The highest BCUT2D eigenvalue weighted by molar-refractivity contribution is 5.79. The Bertz CT molecular complexity index is 374. The Morgan fingerprint density at radius 3 is 2.50 bits per heavy atom. The van der Waals surface area contributed by atoms with Crippen molar-refractivity contribution in [1.29, 1.82) is 5.26 Å². The molecule has 1 aliphatic carbocycles. The van der Waals surface area contributed by atoms with Crippen LogP contribution in [0.5, 0.6) is 0 Å². The van der Waals surface area contributed by atoms with E-state index in [1.807, 2.05) is 0 Å². The molecule has 5 nitrogen and oxygen atoms in total. The fourth-order valence-corrected chi connectivity index (χ4v) is 3.17. The van der Waals surface area contributed by atoms with Crippen LogP contribution in [0.15, 0.2) is 0 Å². The fourth-order valence-electron chi connectivity index (χ4n) is 3.17. The zero-order chi connectivity index (χ0) is 14.5. The van der Waals surface area contributed by atoms with Gasteiger partial charge in [0.05, 0.1) is 12.6 Å². The van der Waals surface area contributed by atoms with Crippen molar-refractivity contribution in [2.75, 3.05) is 19.6 Å². The van der Waals surface area contributed by atoms with Crippen molar-refractivity contribution in [2.24, 2.45) is 0 Å². The number of hydrogen-bond acceptors (Lipinski definition) is 4. The van der Waals surface area contributed by atoms with Gasteiger partial charge in [-0.1, -0.05) is 25.7 Å². The molecule has 0 spiro atoms. The molecule has 0 aromatic carbocycles. The lowest BCUT2D eigenvalue weighted by molar-refractivity contribution is -0.122. The van der Waals surface area contributed by atoms with Gasteiger partial charge in [-0.25, -0.2) is 0 Å². The molecule has 1 saturated heterocycles. The van der Waals surface area contributed by atoms with E-state index in [0.29, 0.717) is 6.54 Å².